The fraction of sp³-hybridized carbons (Fsp3) is 0.304. The van der Waals surface area contributed by atoms with Crippen molar-refractivity contribution >= 4 is 23.1 Å². The Morgan fingerprint density at radius 3 is 2.29 bits per heavy atom. The lowest BCUT2D eigenvalue weighted by Gasteiger charge is -2.15. The zero-order valence-corrected chi connectivity index (χ0v) is 16.6. The van der Waals surface area contributed by atoms with Gasteiger partial charge in [0.25, 0.3) is 11.8 Å². The molecule has 0 saturated carbocycles. The average molecular weight is 378 g/mol. The van der Waals surface area contributed by atoms with Crippen molar-refractivity contribution in [1.82, 2.24) is 4.90 Å². The van der Waals surface area contributed by atoms with E-state index in [2.05, 4.69) is 11.4 Å². The number of imide groups is 1. The summed E-state index contributed by atoms with van der Waals surface area (Å²) in [6, 6.07) is 15.3. The number of hydrogen-bond donors (Lipinski definition) is 1. The third-order valence-corrected chi connectivity index (χ3v) is 4.60. The highest BCUT2D eigenvalue weighted by Crippen LogP contribution is 2.31. The second-order valence-electron chi connectivity index (χ2n) is 6.93. The van der Waals surface area contributed by atoms with E-state index in [9.17, 15) is 9.59 Å². The smallest absolute Gasteiger partial charge is 0.278 e. The number of rotatable bonds is 8. The molecule has 2 aromatic rings. The number of benzene rings is 2. The van der Waals surface area contributed by atoms with Crippen LogP contribution in [0.15, 0.2) is 54.2 Å². The van der Waals surface area contributed by atoms with Gasteiger partial charge in [-0.05, 0) is 56.0 Å². The van der Waals surface area contributed by atoms with Gasteiger partial charge >= 0.3 is 0 Å². The summed E-state index contributed by atoms with van der Waals surface area (Å²) in [5.41, 5.74) is 4.47. The van der Waals surface area contributed by atoms with Crippen LogP contribution in [0.2, 0.25) is 0 Å². The van der Waals surface area contributed by atoms with Crippen molar-refractivity contribution < 1.29 is 14.3 Å². The maximum absolute atomic E-state index is 13.1. The van der Waals surface area contributed by atoms with Crippen LogP contribution in [0.25, 0.3) is 5.57 Å². The van der Waals surface area contributed by atoms with E-state index in [1.807, 2.05) is 63.2 Å². The van der Waals surface area contributed by atoms with Gasteiger partial charge in [0.2, 0.25) is 0 Å². The van der Waals surface area contributed by atoms with Crippen molar-refractivity contribution in [2.45, 2.75) is 27.2 Å². The van der Waals surface area contributed by atoms with Crippen LogP contribution in [0, 0.1) is 13.8 Å². The Bertz CT molecular complexity index is 883. The monoisotopic (exact) mass is 378 g/mol. The van der Waals surface area contributed by atoms with Crippen LogP contribution in [0.5, 0.6) is 0 Å². The predicted octanol–water partition coefficient (Wildman–Crippen LogP) is 3.92. The van der Waals surface area contributed by atoms with E-state index in [0.29, 0.717) is 37.4 Å². The molecule has 5 heteroatoms. The van der Waals surface area contributed by atoms with Gasteiger partial charge < -0.3 is 10.1 Å². The third-order valence-electron chi connectivity index (χ3n) is 4.60. The lowest BCUT2D eigenvalue weighted by atomic mass is 10.0. The Hall–Kier alpha value is -2.92. The van der Waals surface area contributed by atoms with Gasteiger partial charge in [-0.2, -0.15) is 0 Å². The normalized spacial score (nSPS) is 14.2. The molecule has 0 saturated heterocycles. The van der Waals surface area contributed by atoms with Crippen LogP contribution in [0.3, 0.4) is 0 Å². The molecule has 146 valence electrons. The molecule has 1 aliphatic rings. The molecule has 0 aromatic heterocycles. The van der Waals surface area contributed by atoms with Crippen molar-refractivity contribution in [3.8, 4) is 0 Å². The number of hydrogen-bond acceptors (Lipinski definition) is 4. The Balaban J connectivity index is 1.94. The molecule has 0 radical (unpaired) electrons. The number of aryl methyl sites for hydroxylation is 2. The fourth-order valence-corrected chi connectivity index (χ4v) is 3.43. The molecule has 2 aromatic carbocycles. The lowest BCUT2D eigenvalue weighted by molar-refractivity contribution is -0.137. The minimum atomic E-state index is -0.292. The van der Waals surface area contributed by atoms with Crippen LogP contribution in [-0.4, -0.2) is 36.5 Å². The van der Waals surface area contributed by atoms with Crippen molar-refractivity contribution in [3.63, 3.8) is 0 Å². The first-order valence-electron chi connectivity index (χ1n) is 9.60. The summed E-state index contributed by atoms with van der Waals surface area (Å²) in [5.74, 6) is -0.556. The molecule has 3 rings (SSSR count). The van der Waals surface area contributed by atoms with Crippen molar-refractivity contribution in [1.29, 1.82) is 0 Å². The number of amides is 2. The van der Waals surface area contributed by atoms with Gasteiger partial charge in [0.1, 0.15) is 5.70 Å². The summed E-state index contributed by atoms with van der Waals surface area (Å²) in [4.78, 5) is 27.5. The molecule has 0 bridgehead atoms. The first-order chi connectivity index (χ1) is 13.5. The van der Waals surface area contributed by atoms with E-state index < -0.39 is 0 Å². The van der Waals surface area contributed by atoms with Gasteiger partial charge in [-0.3, -0.25) is 14.5 Å². The molecule has 0 aliphatic carbocycles. The Morgan fingerprint density at radius 1 is 0.964 bits per heavy atom. The predicted molar refractivity (Wildman–Crippen MR) is 111 cm³/mol. The van der Waals surface area contributed by atoms with Gasteiger partial charge in [-0.15, -0.1) is 0 Å². The number of carbonyl (C=O) groups is 2. The van der Waals surface area contributed by atoms with E-state index in [4.69, 9.17) is 4.74 Å². The molecule has 1 aliphatic heterocycles. The summed E-state index contributed by atoms with van der Waals surface area (Å²) in [7, 11) is 0. The standard InChI is InChI=1S/C23H26N2O3/c1-4-28-12-8-11-25-22(26)20(18-9-6-5-7-10-18)21(23(25)27)24-19-14-16(2)13-17(3)15-19/h5-7,9-10,13-15,24H,4,8,11-12H2,1-3H3. The van der Waals surface area contributed by atoms with Gasteiger partial charge in [0, 0.05) is 25.4 Å². The Kier molecular flexibility index (Phi) is 6.26. The molecule has 0 unspecified atom stereocenters. The number of nitrogens with zero attached hydrogens (tertiary/aromatic N) is 1. The Labute approximate surface area is 166 Å². The molecule has 1 N–H and O–H groups in total. The molecule has 2 amide bonds. The van der Waals surface area contributed by atoms with Crippen LogP contribution in [0.1, 0.15) is 30.0 Å². The molecule has 28 heavy (non-hydrogen) atoms. The minimum absolute atomic E-state index is 0.264. The fourth-order valence-electron chi connectivity index (χ4n) is 3.43. The van der Waals surface area contributed by atoms with Crippen molar-refractivity contribution in [2.24, 2.45) is 0 Å². The highest BCUT2D eigenvalue weighted by Gasteiger charge is 2.38. The topological polar surface area (TPSA) is 58.6 Å². The van der Waals surface area contributed by atoms with Crippen LogP contribution < -0.4 is 5.32 Å². The summed E-state index contributed by atoms with van der Waals surface area (Å²) in [6.45, 7) is 7.42. The second kappa shape index (κ2) is 8.85. The molecule has 1 heterocycles. The number of ether oxygens (including phenoxy) is 1. The van der Waals surface area contributed by atoms with E-state index in [1.165, 1.54) is 4.90 Å². The number of carbonyl (C=O) groups excluding carboxylic acids is 2. The third kappa shape index (κ3) is 4.31. The summed E-state index contributed by atoms with van der Waals surface area (Å²) in [6.07, 6.45) is 0.615. The van der Waals surface area contributed by atoms with E-state index >= 15 is 0 Å². The summed E-state index contributed by atoms with van der Waals surface area (Å²) in [5, 5.41) is 3.22. The highest BCUT2D eigenvalue weighted by atomic mass is 16.5. The van der Waals surface area contributed by atoms with E-state index in [0.717, 1.165) is 22.4 Å². The van der Waals surface area contributed by atoms with E-state index in [-0.39, 0.29) is 11.8 Å². The summed E-state index contributed by atoms with van der Waals surface area (Å²) >= 11 is 0. The largest absolute Gasteiger partial charge is 0.382 e. The quantitative estimate of drug-likeness (QED) is 0.559. The van der Waals surface area contributed by atoms with Crippen molar-refractivity contribution in [2.75, 3.05) is 25.1 Å². The molecule has 5 nitrogen and oxygen atoms in total. The first kappa shape index (κ1) is 19.8. The van der Waals surface area contributed by atoms with Crippen LogP contribution in [0.4, 0.5) is 5.69 Å². The molecular formula is C23H26N2O3. The lowest BCUT2D eigenvalue weighted by Crippen LogP contribution is -2.34. The maximum atomic E-state index is 13.1. The SMILES string of the molecule is CCOCCCN1C(=O)C(Nc2cc(C)cc(C)c2)=C(c2ccccc2)C1=O. The number of anilines is 1. The summed E-state index contributed by atoms with van der Waals surface area (Å²) < 4.78 is 5.35. The minimum Gasteiger partial charge on any atom is -0.382 e. The Morgan fingerprint density at radius 2 is 1.64 bits per heavy atom. The van der Waals surface area contributed by atoms with Gasteiger partial charge in [-0.1, -0.05) is 36.4 Å². The van der Waals surface area contributed by atoms with Crippen LogP contribution >= 0.6 is 0 Å². The maximum Gasteiger partial charge on any atom is 0.278 e. The average Bonchev–Trinajstić information content (AvgIpc) is 2.89. The zero-order chi connectivity index (χ0) is 20.1. The van der Waals surface area contributed by atoms with E-state index in [1.54, 1.807) is 0 Å². The highest BCUT2D eigenvalue weighted by molar-refractivity contribution is 6.36. The van der Waals surface area contributed by atoms with Gasteiger partial charge in [0.15, 0.2) is 0 Å². The van der Waals surface area contributed by atoms with Crippen molar-refractivity contribution in [3.05, 3.63) is 70.9 Å². The molecular weight excluding hydrogens is 352 g/mol. The first-order valence-corrected chi connectivity index (χ1v) is 9.60. The van der Waals surface area contributed by atoms with Crippen LogP contribution in [-0.2, 0) is 14.3 Å². The van der Waals surface area contributed by atoms with Gasteiger partial charge in [-0.25, -0.2) is 0 Å². The van der Waals surface area contributed by atoms with Gasteiger partial charge in [0.05, 0.1) is 5.57 Å². The number of nitrogens with one attached hydrogen (secondary N) is 1. The second-order valence-corrected chi connectivity index (χ2v) is 6.93. The molecule has 0 fully saturated rings. The molecule has 0 spiro atoms. The molecule has 0 atom stereocenters. The zero-order valence-electron chi connectivity index (χ0n) is 16.6.